The normalized spacial score (nSPS) is 12.4. The lowest BCUT2D eigenvalue weighted by Crippen LogP contribution is -2.19. The first-order valence-electron chi connectivity index (χ1n) is 7.13. The summed E-state index contributed by atoms with van der Waals surface area (Å²) in [5.74, 6) is 0. The Morgan fingerprint density at radius 3 is 2.62 bits per heavy atom. The van der Waals surface area contributed by atoms with Crippen LogP contribution in [-0.4, -0.2) is 19.5 Å². The van der Waals surface area contributed by atoms with Crippen molar-refractivity contribution in [3.8, 4) is 0 Å². The Morgan fingerprint density at radius 2 is 2.05 bits per heavy atom. The topological polar surface area (TPSA) is 20.8 Å². The molecule has 112 valence electrons. The molecule has 0 atom stereocenters. The molecule has 0 bridgehead atoms. The predicted molar refractivity (Wildman–Crippen MR) is 91.6 cm³/mol. The zero-order valence-corrected chi connectivity index (χ0v) is 14.9. The van der Waals surface area contributed by atoms with Crippen LogP contribution in [0.5, 0.6) is 0 Å². The van der Waals surface area contributed by atoms with E-state index in [4.69, 9.17) is 11.6 Å². The highest BCUT2D eigenvalue weighted by molar-refractivity contribution is 9.10. The second-order valence-electron chi connectivity index (χ2n) is 4.89. The monoisotopic (exact) mass is 368 g/mol. The number of nitrogens with zero attached hydrogens (tertiary/aromatic N) is 3. The molecule has 21 heavy (non-hydrogen) atoms. The first-order valence-corrected chi connectivity index (χ1v) is 8.30. The zero-order chi connectivity index (χ0) is 15.4. The van der Waals surface area contributed by atoms with Gasteiger partial charge in [0.25, 0.3) is 5.17 Å². The molecule has 0 saturated carbocycles. The molecular formula is C16H20BrClN3+. The number of hydrogen-bond donors (Lipinski definition) is 0. The van der Waals surface area contributed by atoms with Gasteiger partial charge in [-0.15, -0.1) is 0 Å². The van der Waals surface area contributed by atoms with Crippen molar-refractivity contribution >= 4 is 38.4 Å². The summed E-state index contributed by atoms with van der Waals surface area (Å²) >= 11 is 9.91. The van der Waals surface area contributed by atoms with Crippen LogP contribution in [0.2, 0.25) is 0 Å². The highest BCUT2D eigenvalue weighted by Crippen LogP contribution is 2.22. The zero-order valence-electron chi connectivity index (χ0n) is 12.6. The SMILES string of the molecule is CCC(Cl)=[N+](Cn1nc(Br)cc1C)c1ccccc1CC. The number of hydrogen-bond acceptors (Lipinski definition) is 1. The van der Waals surface area contributed by atoms with Crippen LogP contribution in [0.15, 0.2) is 34.9 Å². The van der Waals surface area contributed by atoms with Crippen LogP contribution in [0.4, 0.5) is 5.69 Å². The van der Waals surface area contributed by atoms with Crippen molar-refractivity contribution in [1.29, 1.82) is 0 Å². The number of para-hydroxylation sites is 1. The highest BCUT2D eigenvalue weighted by Gasteiger charge is 2.20. The molecule has 0 amide bonds. The molecule has 1 aromatic heterocycles. The maximum Gasteiger partial charge on any atom is 0.252 e. The van der Waals surface area contributed by atoms with Crippen LogP contribution in [0.3, 0.4) is 0 Å². The lowest BCUT2D eigenvalue weighted by Gasteiger charge is -2.10. The molecule has 0 aliphatic rings. The molecule has 5 heteroatoms. The van der Waals surface area contributed by atoms with E-state index in [2.05, 4.69) is 57.7 Å². The molecule has 1 aromatic carbocycles. The smallest absolute Gasteiger partial charge is 0.208 e. The summed E-state index contributed by atoms with van der Waals surface area (Å²) < 4.78 is 4.93. The van der Waals surface area contributed by atoms with Gasteiger partial charge in [-0.1, -0.05) is 32.0 Å². The summed E-state index contributed by atoms with van der Waals surface area (Å²) in [5.41, 5.74) is 3.53. The Kier molecular flexibility index (Phi) is 5.59. The van der Waals surface area contributed by atoms with Gasteiger partial charge in [-0.05, 0) is 46.9 Å². The molecule has 1 heterocycles. The third-order valence-corrected chi connectivity index (χ3v) is 4.33. The van der Waals surface area contributed by atoms with Crippen LogP contribution >= 0.6 is 27.5 Å². The van der Waals surface area contributed by atoms with Gasteiger partial charge in [-0.25, -0.2) is 4.68 Å². The minimum Gasteiger partial charge on any atom is -0.208 e. The molecule has 0 unspecified atom stereocenters. The van der Waals surface area contributed by atoms with Gasteiger partial charge in [-0.3, -0.25) is 0 Å². The molecule has 0 radical (unpaired) electrons. The average Bonchev–Trinajstić information content (AvgIpc) is 2.81. The molecule has 0 aliphatic carbocycles. The van der Waals surface area contributed by atoms with E-state index in [0.717, 1.165) is 34.0 Å². The quantitative estimate of drug-likeness (QED) is 0.544. The molecule has 3 nitrogen and oxygen atoms in total. The first kappa shape index (κ1) is 16.2. The van der Waals surface area contributed by atoms with Crippen molar-refractivity contribution in [1.82, 2.24) is 9.78 Å². The van der Waals surface area contributed by atoms with Gasteiger partial charge >= 0.3 is 0 Å². The van der Waals surface area contributed by atoms with E-state index in [-0.39, 0.29) is 0 Å². The van der Waals surface area contributed by atoms with Gasteiger partial charge in [0.15, 0.2) is 0 Å². The Bertz CT molecular complexity index is 661. The Labute approximate surface area is 139 Å². The Hall–Kier alpha value is -1.13. The summed E-state index contributed by atoms with van der Waals surface area (Å²) in [6, 6.07) is 10.4. The third-order valence-electron chi connectivity index (χ3n) is 3.47. The largest absolute Gasteiger partial charge is 0.252 e. The van der Waals surface area contributed by atoms with Crippen molar-refractivity contribution in [2.45, 2.75) is 40.3 Å². The number of aryl methyl sites for hydroxylation is 2. The van der Waals surface area contributed by atoms with Crippen LogP contribution in [0, 0.1) is 6.92 Å². The maximum absolute atomic E-state index is 6.49. The van der Waals surface area contributed by atoms with E-state index in [1.54, 1.807) is 0 Å². The molecule has 0 saturated heterocycles. The van der Waals surface area contributed by atoms with Crippen LogP contribution < -0.4 is 0 Å². The lowest BCUT2D eigenvalue weighted by molar-refractivity contribution is -0.477. The second kappa shape index (κ2) is 7.23. The third kappa shape index (κ3) is 3.74. The molecule has 2 aromatic rings. The minimum absolute atomic E-state index is 0.612. The highest BCUT2D eigenvalue weighted by atomic mass is 79.9. The van der Waals surface area contributed by atoms with Gasteiger partial charge in [0.1, 0.15) is 4.60 Å². The molecule has 0 fully saturated rings. The lowest BCUT2D eigenvalue weighted by atomic mass is 10.1. The van der Waals surface area contributed by atoms with E-state index in [1.165, 1.54) is 5.56 Å². The summed E-state index contributed by atoms with van der Waals surface area (Å²) in [4.78, 5) is 0. The van der Waals surface area contributed by atoms with Crippen molar-refractivity contribution < 1.29 is 4.58 Å². The molecule has 2 rings (SSSR count). The number of aromatic nitrogens is 2. The van der Waals surface area contributed by atoms with Crippen LogP contribution in [0.25, 0.3) is 0 Å². The van der Waals surface area contributed by atoms with Crippen molar-refractivity contribution in [3.05, 3.63) is 46.2 Å². The van der Waals surface area contributed by atoms with Crippen molar-refractivity contribution in [3.63, 3.8) is 0 Å². The first-order chi connectivity index (χ1) is 10.1. The minimum atomic E-state index is 0.612. The van der Waals surface area contributed by atoms with Gasteiger partial charge in [0.05, 0.1) is 0 Å². The Morgan fingerprint density at radius 1 is 1.33 bits per heavy atom. The molecule has 0 spiro atoms. The van der Waals surface area contributed by atoms with Crippen molar-refractivity contribution in [2.24, 2.45) is 0 Å². The number of rotatable bonds is 5. The fourth-order valence-electron chi connectivity index (χ4n) is 2.29. The predicted octanol–water partition coefficient (Wildman–Crippen LogP) is 4.87. The van der Waals surface area contributed by atoms with Gasteiger partial charge < -0.3 is 0 Å². The van der Waals surface area contributed by atoms with Gasteiger partial charge in [0.2, 0.25) is 12.4 Å². The van der Waals surface area contributed by atoms with Gasteiger partial charge in [-0.2, -0.15) is 9.67 Å². The second-order valence-corrected chi connectivity index (χ2v) is 6.14. The van der Waals surface area contributed by atoms with E-state index in [1.807, 2.05) is 23.7 Å². The maximum atomic E-state index is 6.49. The fourth-order valence-corrected chi connectivity index (χ4v) is 2.96. The van der Waals surface area contributed by atoms with Crippen LogP contribution in [0.1, 0.15) is 31.5 Å². The molecule has 0 aliphatic heterocycles. The van der Waals surface area contributed by atoms with E-state index in [9.17, 15) is 0 Å². The van der Waals surface area contributed by atoms with Crippen LogP contribution in [-0.2, 0) is 13.1 Å². The number of halogens is 2. The molecule has 0 N–H and O–H groups in total. The standard InChI is InChI=1S/C16H20BrClN3/c1-4-13-8-6-7-9-14(13)20(16(18)5-2)11-21-12(3)10-15(17)19-21/h6-10H,4-5,11H2,1-3H3/q+1. The molecular weight excluding hydrogens is 350 g/mol. The van der Waals surface area contributed by atoms with Crippen molar-refractivity contribution in [2.75, 3.05) is 0 Å². The van der Waals surface area contributed by atoms with E-state index >= 15 is 0 Å². The number of benzene rings is 1. The summed E-state index contributed by atoms with van der Waals surface area (Å²) in [7, 11) is 0. The van der Waals surface area contributed by atoms with Gasteiger partial charge in [0, 0.05) is 23.7 Å². The summed E-state index contributed by atoms with van der Waals surface area (Å²) in [6.07, 6.45) is 1.77. The van der Waals surface area contributed by atoms with E-state index in [0.29, 0.717) is 6.67 Å². The average molecular weight is 370 g/mol. The fraction of sp³-hybridized carbons (Fsp3) is 0.375. The van der Waals surface area contributed by atoms with E-state index < -0.39 is 0 Å². The Balaban J connectivity index is 2.48. The summed E-state index contributed by atoms with van der Waals surface area (Å²) in [6.45, 7) is 6.88. The summed E-state index contributed by atoms with van der Waals surface area (Å²) in [5, 5.41) is 5.29.